The van der Waals surface area contributed by atoms with Gasteiger partial charge in [0.2, 0.25) is 0 Å². The fourth-order valence-corrected chi connectivity index (χ4v) is 4.33. The number of aryl methyl sites for hydroxylation is 1. The summed E-state index contributed by atoms with van der Waals surface area (Å²) in [6, 6.07) is 17.0. The van der Waals surface area contributed by atoms with Gasteiger partial charge >= 0.3 is 0 Å². The number of halogens is 2. The molecule has 4 nitrogen and oxygen atoms in total. The first-order chi connectivity index (χ1) is 13.6. The van der Waals surface area contributed by atoms with Crippen LogP contribution in [0.15, 0.2) is 54.6 Å². The Morgan fingerprint density at radius 1 is 1.11 bits per heavy atom. The van der Waals surface area contributed by atoms with E-state index in [0.717, 1.165) is 34.7 Å². The summed E-state index contributed by atoms with van der Waals surface area (Å²) >= 11 is 13.6. The zero-order chi connectivity index (χ0) is 19.7. The molecule has 1 amide bonds. The van der Waals surface area contributed by atoms with E-state index in [1.54, 1.807) is 18.2 Å². The first-order valence-corrected chi connectivity index (χ1v) is 10.5. The fraction of sp³-hybridized carbons (Fsp3) is 0.143. The number of aromatic nitrogens is 2. The molecular weight excluding hydrogens is 413 g/mol. The molecule has 0 aliphatic heterocycles. The highest BCUT2D eigenvalue weighted by Crippen LogP contribution is 2.33. The molecule has 0 radical (unpaired) electrons. The fourth-order valence-electron chi connectivity index (χ4n) is 3.08. The molecule has 0 spiro atoms. The summed E-state index contributed by atoms with van der Waals surface area (Å²) in [5.74, 6) is 0.659. The van der Waals surface area contributed by atoms with Crippen LogP contribution < -0.4 is 5.32 Å². The molecule has 0 saturated carbocycles. The molecule has 0 atom stereocenters. The van der Waals surface area contributed by atoms with E-state index in [1.165, 1.54) is 11.3 Å². The van der Waals surface area contributed by atoms with Gasteiger partial charge in [0.05, 0.1) is 36.5 Å². The molecule has 2 heterocycles. The number of anilines is 1. The SMILES string of the molecule is CCCn1c(-c2ccc(C(=O)Nc3cccc(Cl)c3Cl)s2)nc2ccccc21. The van der Waals surface area contributed by atoms with Gasteiger partial charge in [-0.3, -0.25) is 4.79 Å². The van der Waals surface area contributed by atoms with Crippen molar-refractivity contribution in [1.82, 2.24) is 9.55 Å². The zero-order valence-electron chi connectivity index (χ0n) is 15.1. The predicted octanol–water partition coefficient (Wildman–Crippen LogP) is 6.73. The van der Waals surface area contributed by atoms with Crippen molar-refractivity contribution >= 4 is 57.2 Å². The molecule has 4 rings (SSSR count). The van der Waals surface area contributed by atoms with Crippen LogP contribution in [-0.2, 0) is 6.54 Å². The molecule has 142 valence electrons. The Bertz CT molecular complexity index is 1170. The Labute approximate surface area is 176 Å². The molecule has 2 aromatic carbocycles. The topological polar surface area (TPSA) is 46.9 Å². The van der Waals surface area contributed by atoms with Gasteiger partial charge in [-0.15, -0.1) is 11.3 Å². The summed E-state index contributed by atoms with van der Waals surface area (Å²) in [7, 11) is 0. The van der Waals surface area contributed by atoms with Crippen molar-refractivity contribution in [3.63, 3.8) is 0 Å². The van der Waals surface area contributed by atoms with Gasteiger partial charge in [-0.2, -0.15) is 0 Å². The number of nitrogens with one attached hydrogen (secondary N) is 1. The largest absolute Gasteiger partial charge is 0.323 e. The van der Waals surface area contributed by atoms with Crippen molar-refractivity contribution in [2.24, 2.45) is 0 Å². The van der Waals surface area contributed by atoms with Crippen LogP contribution in [0.4, 0.5) is 5.69 Å². The number of carbonyl (C=O) groups excluding carboxylic acids is 1. The van der Waals surface area contributed by atoms with Gasteiger partial charge in [-0.05, 0) is 42.8 Å². The van der Waals surface area contributed by atoms with Crippen LogP contribution in [0.5, 0.6) is 0 Å². The van der Waals surface area contributed by atoms with Crippen molar-refractivity contribution < 1.29 is 4.79 Å². The normalized spacial score (nSPS) is 11.1. The van der Waals surface area contributed by atoms with E-state index in [0.29, 0.717) is 20.6 Å². The average molecular weight is 430 g/mol. The molecule has 0 aliphatic carbocycles. The highest BCUT2D eigenvalue weighted by molar-refractivity contribution is 7.17. The molecule has 0 unspecified atom stereocenters. The van der Waals surface area contributed by atoms with Crippen LogP contribution in [-0.4, -0.2) is 15.5 Å². The summed E-state index contributed by atoms with van der Waals surface area (Å²) in [5.41, 5.74) is 2.55. The number of benzene rings is 2. The van der Waals surface area contributed by atoms with E-state index in [1.807, 2.05) is 30.3 Å². The number of rotatable bonds is 5. The number of amides is 1. The minimum Gasteiger partial charge on any atom is -0.323 e. The quantitative estimate of drug-likeness (QED) is 0.381. The van der Waals surface area contributed by atoms with Crippen LogP contribution in [0.25, 0.3) is 21.7 Å². The first-order valence-electron chi connectivity index (χ1n) is 8.89. The van der Waals surface area contributed by atoms with E-state index in [4.69, 9.17) is 28.2 Å². The van der Waals surface area contributed by atoms with Gasteiger partial charge in [0, 0.05) is 6.54 Å². The summed E-state index contributed by atoms with van der Waals surface area (Å²) < 4.78 is 2.21. The number of thiophene rings is 1. The summed E-state index contributed by atoms with van der Waals surface area (Å²) in [6.07, 6.45) is 0.999. The predicted molar refractivity (Wildman–Crippen MR) is 118 cm³/mol. The summed E-state index contributed by atoms with van der Waals surface area (Å²) in [5, 5.41) is 3.56. The molecule has 7 heteroatoms. The smallest absolute Gasteiger partial charge is 0.265 e. The first kappa shape index (κ1) is 19.0. The van der Waals surface area contributed by atoms with Crippen LogP contribution in [0.1, 0.15) is 23.0 Å². The number of imidazole rings is 1. The Morgan fingerprint density at radius 3 is 2.75 bits per heavy atom. The molecular formula is C21H17Cl2N3OS. The van der Waals surface area contributed by atoms with Gasteiger partial charge in [-0.25, -0.2) is 4.98 Å². The second-order valence-corrected chi connectivity index (χ2v) is 8.16. The average Bonchev–Trinajstić information content (AvgIpc) is 3.31. The highest BCUT2D eigenvalue weighted by atomic mass is 35.5. The third-order valence-corrected chi connectivity index (χ3v) is 6.25. The van der Waals surface area contributed by atoms with E-state index < -0.39 is 0 Å². The minimum absolute atomic E-state index is 0.224. The standard InChI is InChI=1S/C21H17Cl2N3OS/c1-2-12-26-16-9-4-3-7-14(16)24-20(26)17-10-11-18(28-17)21(27)25-15-8-5-6-13(22)19(15)23/h3-11H,2,12H2,1H3,(H,25,27). The lowest BCUT2D eigenvalue weighted by Crippen LogP contribution is -2.10. The van der Waals surface area contributed by atoms with E-state index >= 15 is 0 Å². The molecule has 0 fully saturated rings. The highest BCUT2D eigenvalue weighted by Gasteiger charge is 2.17. The molecule has 0 aliphatic rings. The van der Waals surface area contributed by atoms with Gasteiger partial charge in [0.1, 0.15) is 0 Å². The second kappa shape index (κ2) is 7.95. The lowest BCUT2D eigenvalue weighted by atomic mass is 10.3. The van der Waals surface area contributed by atoms with E-state index in [9.17, 15) is 4.79 Å². The van der Waals surface area contributed by atoms with Gasteiger partial charge in [0.25, 0.3) is 5.91 Å². The van der Waals surface area contributed by atoms with Crippen LogP contribution in [0.3, 0.4) is 0 Å². The van der Waals surface area contributed by atoms with Crippen molar-refractivity contribution in [2.75, 3.05) is 5.32 Å². The van der Waals surface area contributed by atoms with Gasteiger partial charge in [-0.1, -0.05) is 48.3 Å². The summed E-state index contributed by atoms with van der Waals surface area (Å²) in [4.78, 5) is 19.0. The Morgan fingerprint density at radius 2 is 1.93 bits per heavy atom. The number of carbonyl (C=O) groups is 1. The van der Waals surface area contributed by atoms with Gasteiger partial charge in [0.15, 0.2) is 5.82 Å². The second-order valence-electron chi connectivity index (χ2n) is 6.30. The Hall–Kier alpha value is -2.34. The van der Waals surface area contributed by atoms with Crippen molar-refractivity contribution in [3.8, 4) is 10.7 Å². The molecule has 4 aromatic rings. The minimum atomic E-state index is -0.224. The van der Waals surface area contributed by atoms with E-state index in [-0.39, 0.29) is 5.91 Å². The number of nitrogens with zero attached hydrogens (tertiary/aromatic N) is 2. The lowest BCUT2D eigenvalue weighted by molar-refractivity contribution is 0.103. The maximum absolute atomic E-state index is 12.7. The maximum atomic E-state index is 12.7. The monoisotopic (exact) mass is 429 g/mol. The van der Waals surface area contributed by atoms with Crippen molar-refractivity contribution in [2.45, 2.75) is 19.9 Å². The van der Waals surface area contributed by atoms with Crippen molar-refractivity contribution in [1.29, 1.82) is 0 Å². The number of hydrogen-bond acceptors (Lipinski definition) is 3. The van der Waals surface area contributed by atoms with Crippen molar-refractivity contribution in [3.05, 3.63) is 69.5 Å². The Kier molecular flexibility index (Phi) is 5.40. The maximum Gasteiger partial charge on any atom is 0.265 e. The van der Waals surface area contributed by atoms with Crippen LogP contribution in [0, 0.1) is 0 Å². The number of para-hydroxylation sites is 2. The Balaban J connectivity index is 1.66. The third-order valence-electron chi connectivity index (χ3n) is 4.35. The molecule has 1 N–H and O–H groups in total. The number of fused-ring (bicyclic) bond motifs is 1. The molecule has 2 aromatic heterocycles. The van der Waals surface area contributed by atoms with Crippen LogP contribution in [0.2, 0.25) is 10.0 Å². The number of hydrogen-bond donors (Lipinski definition) is 1. The van der Waals surface area contributed by atoms with Gasteiger partial charge < -0.3 is 9.88 Å². The summed E-state index contributed by atoms with van der Waals surface area (Å²) in [6.45, 7) is 3.01. The zero-order valence-corrected chi connectivity index (χ0v) is 17.4. The molecule has 0 saturated heterocycles. The van der Waals surface area contributed by atoms with E-state index in [2.05, 4.69) is 22.9 Å². The molecule has 0 bridgehead atoms. The third kappa shape index (κ3) is 3.53. The lowest BCUT2D eigenvalue weighted by Gasteiger charge is -2.07. The van der Waals surface area contributed by atoms with Crippen LogP contribution >= 0.6 is 34.5 Å². The molecule has 28 heavy (non-hydrogen) atoms.